The highest BCUT2D eigenvalue weighted by Crippen LogP contribution is 2.26. The van der Waals surface area contributed by atoms with Crippen LogP contribution in [-0.4, -0.2) is 19.2 Å². The number of hydrogen-bond donors (Lipinski definition) is 2. The molecule has 2 aromatic carbocycles. The Labute approximate surface area is 136 Å². The lowest BCUT2D eigenvalue weighted by molar-refractivity contribution is -0.387. The minimum atomic E-state index is -4.38. The van der Waals surface area contributed by atoms with Crippen LogP contribution in [0.25, 0.3) is 0 Å². The van der Waals surface area contributed by atoms with Crippen molar-refractivity contribution < 1.29 is 22.5 Å². The smallest absolute Gasteiger partial charge is 0.273 e. The largest absolute Gasteiger partial charge is 0.289 e. The van der Waals surface area contributed by atoms with E-state index in [-0.39, 0.29) is 11.1 Å². The number of nitrogens with one attached hydrogen (secondary N) is 2. The first-order valence-electron chi connectivity index (χ1n) is 6.54. The van der Waals surface area contributed by atoms with E-state index in [1.165, 1.54) is 19.1 Å². The fourth-order valence-corrected chi connectivity index (χ4v) is 3.21. The normalized spacial score (nSPS) is 11.1. The van der Waals surface area contributed by atoms with Gasteiger partial charge in [-0.05, 0) is 36.8 Å². The predicted molar refractivity (Wildman–Crippen MR) is 82.0 cm³/mol. The van der Waals surface area contributed by atoms with E-state index < -0.39 is 37.3 Å². The summed E-state index contributed by atoms with van der Waals surface area (Å²) in [6.07, 6.45) is 0. The lowest BCUT2D eigenvalue weighted by atomic mass is 10.2. The molecule has 0 fully saturated rings. The molecule has 0 spiro atoms. The van der Waals surface area contributed by atoms with Gasteiger partial charge in [0.1, 0.15) is 5.82 Å². The number of carbonyl (C=O) groups excluding carboxylic acids is 1. The molecule has 0 aromatic heterocycles. The van der Waals surface area contributed by atoms with E-state index >= 15 is 0 Å². The number of hydrogen-bond acceptors (Lipinski definition) is 5. The SMILES string of the molecule is Cc1cccc([N+](=O)[O-])c1S(=O)(=O)NNC(=O)c1ccc(F)cc1. The van der Waals surface area contributed by atoms with Gasteiger partial charge >= 0.3 is 0 Å². The number of aryl methyl sites for hydroxylation is 1. The molecule has 0 bridgehead atoms. The molecule has 126 valence electrons. The van der Waals surface area contributed by atoms with Gasteiger partial charge in [0.15, 0.2) is 4.90 Å². The number of nitrogens with zero attached hydrogens (tertiary/aromatic N) is 1. The number of amides is 1. The van der Waals surface area contributed by atoms with Crippen LogP contribution in [0.3, 0.4) is 0 Å². The minimum Gasteiger partial charge on any atom is -0.273 e. The first-order valence-corrected chi connectivity index (χ1v) is 8.02. The monoisotopic (exact) mass is 353 g/mol. The maximum atomic E-state index is 12.8. The molecular formula is C14H12FN3O5S. The molecule has 0 atom stereocenters. The number of sulfonamides is 1. The molecule has 0 saturated heterocycles. The van der Waals surface area contributed by atoms with E-state index in [1.54, 1.807) is 4.83 Å². The van der Waals surface area contributed by atoms with Gasteiger partial charge in [0.2, 0.25) is 0 Å². The summed E-state index contributed by atoms with van der Waals surface area (Å²) in [7, 11) is -4.38. The molecular weight excluding hydrogens is 341 g/mol. The Morgan fingerprint density at radius 2 is 1.79 bits per heavy atom. The summed E-state index contributed by atoms with van der Waals surface area (Å²) in [6.45, 7) is 1.39. The van der Waals surface area contributed by atoms with Gasteiger partial charge in [-0.25, -0.2) is 12.8 Å². The average Bonchev–Trinajstić information content (AvgIpc) is 2.52. The summed E-state index contributed by atoms with van der Waals surface area (Å²) in [6, 6.07) is 8.19. The zero-order valence-corrected chi connectivity index (χ0v) is 13.1. The van der Waals surface area contributed by atoms with Gasteiger partial charge in [0.25, 0.3) is 21.6 Å². The molecule has 0 saturated carbocycles. The van der Waals surface area contributed by atoms with Crippen LogP contribution in [-0.2, 0) is 10.0 Å². The van der Waals surface area contributed by atoms with E-state index in [1.807, 2.05) is 5.43 Å². The van der Waals surface area contributed by atoms with Crippen molar-refractivity contribution in [2.24, 2.45) is 0 Å². The van der Waals surface area contributed by atoms with Crippen molar-refractivity contribution in [2.45, 2.75) is 11.8 Å². The molecule has 8 nitrogen and oxygen atoms in total. The lowest BCUT2D eigenvalue weighted by Crippen LogP contribution is -2.41. The maximum Gasteiger partial charge on any atom is 0.289 e. The number of nitro benzene ring substituents is 1. The maximum absolute atomic E-state index is 12.8. The molecule has 2 rings (SSSR count). The highest BCUT2D eigenvalue weighted by molar-refractivity contribution is 7.89. The Bertz CT molecular complexity index is 897. The fraction of sp³-hybridized carbons (Fsp3) is 0.0714. The van der Waals surface area contributed by atoms with Crippen LogP contribution in [0.1, 0.15) is 15.9 Å². The van der Waals surface area contributed by atoms with Crippen molar-refractivity contribution in [1.29, 1.82) is 0 Å². The van der Waals surface area contributed by atoms with Crippen LogP contribution >= 0.6 is 0 Å². The number of halogens is 1. The highest BCUT2D eigenvalue weighted by atomic mass is 32.2. The molecule has 0 aliphatic carbocycles. The molecule has 0 aliphatic heterocycles. The second-order valence-electron chi connectivity index (χ2n) is 4.75. The van der Waals surface area contributed by atoms with Gasteiger partial charge in [-0.3, -0.25) is 20.3 Å². The first-order chi connectivity index (χ1) is 11.2. The Kier molecular flexibility index (Phi) is 4.90. The van der Waals surface area contributed by atoms with E-state index in [9.17, 15) is 27.7 Å². The second-order valence-corrected chi connectivity index (χ2v) is 6.37. The van der Waals surface area contributed by atoms with Crippen molar-refractivity contribution in [3.63, 3.8) is 0 Å². The first kappa shape index (κ1) is 17.5. The van der Waals surface area contributed by atoms with Crippen LogP contribution in [0.4, 0.5) is 10.1 Å². The standard InChI is InChI=1S/C14H12FN3O5S/c1-9-3-2-4-12(18(20)21)13(9)24(22,23)17-16-14(19)10-5-7-11(15)8-6-10/h2-8,17H,1H3,(H,16,19). The highest BCUT2D eigenvalue weighted by Gasteiger charge is 2.28. The van der Waals surface area contributed by atoms with Crippen LogP contribution in [0, 0.1) is 22.9 Å². The summed E-state index contributed by atoms with van der Waals surface area (Å²) >= 11 is 0. The van der Waals surface area contributed by atoms with Crippen molar-refractivity contribution in [3.05, 3.63) is 69.5 Å². The second kappa shape index (κ2) is 6.72. The van der Waals surface area contributed by atoms with Gasteiger partial charge in [0.05, 0.1) is 4.92 Å². The van der Waals surface area contributed by atoms with E-state index in [0.717, 1.165) is 30.3 Å². The molecule has 24 heavy (non-hydrogen) atoms. The van der Waals surface area contributed by atoms with Gasteiger partial charge in [-0.2, -0.15) is 0 Å². The van der Waals surface area contributed by atoms with E-state index in [4.69, 9.17) is 0 Å². The Morgan fingerprint density at radius 3 is 2.38 bits per heavy atom. The number of nitro groups is 1. The number of rotatable bonds is 5. The predicted octanol–water partition coefficient (Wildman–Crippen LogP) is 1.67. The lowest BCUT2D eigenvalue weighted by Gasteiger charge is -2.10. The Morgan fingerprint density at radius 1 is 1.17 bits per heavy atom. The molecule has 0 unspecified atom stereocenters. The zero-order valence-electron chi connectivity index (χ0n) is 12.3. The van der Waals surface area contributed by atoms with Crippen LogP contribution in [0.5, 0.6) is 0 Å². The zero-order chi connectivity index (χ0) is 17.9. The molecule has 0 heterocycles. The van der Waals surface area contributed by atoms with E-state index in [0.29, 0.717) is 0 Å². The summed E-state index contributed by atoms with van der Waals surface area (Å²) in [5.41, 5.74) is 1.47. The summed E-state index contributed by atoms with van der Waals surface area (Å²) in [4.78, 5) is 23.3. The average molecular weight is 353 g/mol. The van der Waals surface area contributed by atoms with E-state index in [2.05, 4.69) is 0 Å². The number of hydrazine groups is 1. The quantitative estimate of drug-likeness (QED) is 0.626. The van der Waals surface area contributed by atoms with Crippen molar-refractivity contribution in [1.82, 2.24) is 10.3 Å². The topological polar surface area (TPSA) is 118 Å². The molecule has 10 heteroatoms. The van der Waals surface area contributed by atoms with Crippen molar-refractivity contribution in [2.75, 3.05) is 0 Å². The van der Waals surface area contributed by atoms with Crippen molar-refractivity contribution in [3.8, 4) is 0 Å². The molecule has 0 radical (unpaired) electrons. The van der Waals surface area contributed by atoms with Crippen molar-refractivity contribution >= 4 is 21.6 Å². The number of benzene rings is 2. The number of carbonyl (C=O) groups is 1. The summed E-state index contributed by atoms with van der Waals surface area (Å²) < 4.78 is 37.4. The molecule has 1 amide bonds. The third-order valence-electron chi connectivity index (χ3n) is 3.06. The third-order valence-corrected chi connectivity index (χ3v) is 4.50. The Hall–Kier alpha value is -2.85. The third kappa shape index (κ3) is 3.73. The van der Waals surface area contributed by atoms with Gasteiger partial charge in [-0.1, -0.05) is 12.1 Å². The molecule has 2 N–H and O–H groups in total. The van der Waals surface area contributed by atoms with Gasteiger partial charge in [0, 0.05) is 11.6 Å². The fourth-order valence-electron chi connectivity index (χ4n) is 1.97. The molecule has 0 aliphatic rings. The Balaban J connectivity index is 2.25. The van der Waals surface area contributed by atoms with Gasteiger partial charge in [-0.15, -0.1) is 4.83 Å². The van der Waals surface area contributed by atoms with Gasteiger partial charge < -0.3 is 0 Å². The summed E-state index contributed by atoms with van der Waals surface area (Å²) in [5, 5.41) is 11.0. The summed E-state index contributed by atoms with van der Waals surface area (Å²) in [5.74, 6) is -1.39. The minimum absolute atomic E-state index is 0.0124. The van der Waals surface area contributed by atoms with Crippen LogP contribution < -0.4 is 10.3 Å². The van der Waals surface area contributed by atoms with Crippen LogP contribution in [0.2, 0.25) is 0 Å². The van der Waals surface area contributed by atoms with Crippen LogP contribution in [0.15, 0.2) is 47.4 Å². The molecule has 2 aromatic rings.